The third-order valence-corrected chi connectivity index (χ3v) is 5.31. The van der Waals surface area contributed by atoms with Crippen LogP contribution in [-0.4, -0.2) is 55.6 Å². The molecule has 1 unspecified atom stereocenters. The number of piperazine rings is 1. The normalized spacial score (nSPS) is 27.0. The van der Waals surface area contributed by atoms with Crippen molar-refractivity contribution in [1.29, 1.82) is 0 Å². The molecule has 2 atom stereocenters. The van der Waals surface area contributed by atoms with Crippen LogP contribution in [0.25, 0.3) is 0 Å². The molecular formula is C18H28FN3. The molecule has 0 radical (unpaired) electrons. The first-order valence-corrected chi connectivity index (χ1v) is 8.55. The highest BCUT2D eigenvalue weighted by atomic mass is 19.1. The second-order valence-corrected chi connectivity index (χ2v) is 6.93. The lowest BCUT2D eigenvalue weighted by atomic mass is 9.83. The number of rotatable bonds is 3. The summed E-state index contributed by atoms with van der Waals surface area (Å²) in [5.74, 6) is 0.511. The molecule has 0 aromatic heterocycles. The van der Waals surface area contributed by atoms with Gasteiger partial charge in [-0.1, -0.05) is 12.1 Å². The standard InChI is InChI=1S/C18H28FN3/c1-14-13-20-8-11-22(14)18(15-6-9-21(2)10-7-15)16-4-3-5-17(19)12-16/h3-5,12,14-15,18,20H,6-11,13H2,1-2H3/t14?,18-/m1/s1. The van der Waals surface area contributed by atoms with E-state index in [1.54, 1.807) is 12.1 Å². The molecule has 0 saturated carbocycles. The Labute approximate surface area is 133 Å². The molecule has 1 aromatic rings. The number of halogens is 1. The number of likely N-dealkylation sites (tertiary alicyclic amines) is 1. The van der Waals surface area contributed by atoms with Crippen LogP contribution >= 0.6 is 0 Å². The molecule has 1 N–H and O–H groups in total. The highest BCUT2D eigenvalue weighted by Gasteiger charge is 2.34. The molecule has 0 amide bonds. The van der Waals surface area contributed by atoms with Crippen molar-refractivity contribution >= 4 is 0 Å². The van der Waals surface area contributed by atoms with Crippen LogP contribution in [0.5, 0.6) is 0 Å². The van der Waals surface area contributed by atoms with Crippen LogP contribution in [0.2, 0.25) is 0 Å². The molecule has 22 heavy (non-hydrogen) atoms. The van der Waals surface area contributed by atoms with Crippen LogP contribution in [0.1, 0.15) is 31.4 Å². The van der Waals surface area contributed by atoms with Crippen LogP contribution in [0, 0.1) is 11.7 Å². The van der Waals surface area contributed by atoms with E-state index >= 15 is 0 Å². The molecule has 2 fully saturated rings. The number of piperidine rings is 1. The van der Waals surface area contributed by atoms with E-state index in [2.05, 4.69) is 35.2 Å². The van der Waals surface area contributed by atoms with Gasteiger partial charge in [-0.3, -0.25) is 4.90 Å². The van der Waals surface area contributed by atoms with E-state index in [1.807, 2.05) is 6.07 Å². The summed E-state index contributed by atoms with van der Waals surface area (Å²) in [6.45, 7) is 7.69. The van der Waals surface area contributed by atoms with Crippen molar-refractivity contribution in [3.05, 3.63) is 35.6 Å². The van der Waals surface area contributed by atoms with E-state index in [9.17, 15) is 4.39 Å². The van der Waals surface area contributed by atoms with E-state index in [0.29, 0.717) is 18.0 Å². The minimum atomic E-state index is -0.113. The van der Waals surface area contributed by atoms with Crippen molar-refractivity contribution in [2.75, 3.05) is 39.8 Å². The minimum Gasteiger partial charge on any atom is -0.314 e. The smallest absolute Gasteiger partial charge is 0.123 e. The maximum absolute atomic E-state index is 13.8. The number of nitrogens with one attached hydrogen (secondary N) is 1. The number of hydrogen-bond acceptors (Lipinski definition) is 3. The van der Waals surface area contributed by atoms with Gasteiger partial charge in [-0.05, 0) is 63.5 Å². The first-order chi connectivity index (χ1) is 10.6. The van der Waals surface area contributed by atoms with Crippen LogP contribution in [0.15, 0.2) is 24.3 Å². The molecule has 0 bridgehead atoms. The highest BCUT2D eigenvalue weighted by molar-refractivity contribution is 5.22. The maximum atomic E-state index is 13.8. The molecule has 2 saturated heterocycles. The monoisotopic (exact) mass is 305 g/mol. The Bertz CT molecular complexity index is 485. The summed E-state index contributed by atoms with van der Waals surface area (Å²) in [6, 6.07) is 8.12. The number of hydrogen-bond donors (Lipinski definition) is 1. The van der Waals surface area contributed by atoms with Crippen molar-refractivity contribution < 1.29 is 4.39 Å². The predicted molar refractivity (Wildman–Crippen MR) is 88.4 cm³/mol. The van der Waals surface area contributed by atoms with Crippen LogP contribution < -0.4 is 5.32 Å². The van der Waals surface area contributed by atoms with Crippen LogP contribution in [0.3, 0.4) is 0 Å². The number of benzene rings is 1. The van der Waals surface area contributed by atoms with Crippen molar-refractivity contribution in [3.8, 4) is 0 Å². The first-order valence-electron chi connectivity index (χ1n) is 8.55. The van der Waals surface area contributed by atoms with Gasteiger partial charge >= 0.3 is 0 Å². The molecule has 3 rings (SSSR count). The molecule has 0 spiro atoms. The third-order valence-electron chi connectivity index (χ3n) is 5.31. The summed E-state index contributed by atoms with van der Waals surface area (Å²) in [4.78, 5) is 5.00. The topological polar surface area (TPSA) is 18.5 Å². The molecule has 2 aliphatic rings. The van der Waals surface area contributed by atoms with Gasteiger partial charge in [0.15, 0.2) is 0 Å². The Morgan fingerprint density at radius 3 is 2.68 bits per heavy atom. The summed E-state index contributed by atoms with van der Waals surface area (Å²) in [5.41, 5.74) is 1.16. The molecule has 3 nitrogen and oxygen atoms in total. The van der Waals surface area contributed by atoms with E-state index < -0.39 is 0 Å². The summed E-state index contributed by atoms with van der Waals surface area (Å²) in [7, 11) is 2.20. The Kier molecular flexibility index (Phi) is 5.11. The zero-order valence-electron chi connectivity index (χ0n) is 13.8. The van der Waals surface area contributed by atoms with Gasteiger partial charge in [0.2, 0.25) is 0 Å². The SMILES string of the molecule is CC1CNCCN1[C@@H](c1cccc(F)c1)C1CCN(C)CC1. The lowest BCUT2D eigenvalue weighted by molar-refractivity contribution is 0.0517. The van der Waals surface area contributed by atoms with Gasteiger partial charge in [-0.15, -0.1) is 0 Å². The quantitative estimate of drug-likeness (QED) is 0.926. The fourth-order valence-corrected chi connectivity index (χ4v) is 4.04. The van der Waals surface area contributed by atoms with Crippen LogP contribution in [0.4, 0.5) is 4.39 Å². The molecular weight excluding hydrogens is 277 g/mol. The summed E-state index contributed by atoms with van der Waals surface area (Å²) < 4.78 is 13.8. The highest BCUT2D eigenvalue weighted by Crippen LogP contribution is 2.37. The third kappa shape index (κ3) is 3.50. The minimum absolute atomic E-state index is 0.113. The lowest BCUT2D eigenvalue weighted by Gasteiger charge is -2.45. The van der Waals surface area contributed by atoms with Crippen LogP contribution in [-0.2, 0) is 0 Å². The van der Waals surface area contributed by atoms with Gasteiger partial charge in [0, 0.05) is 31.7 Å². The van der Waals surface area contributed by atoms with Crippen molar-refractivity contribution in [1.82, 2.24) is 15.1 Å². The first kappa shape index (κ1) is 15.9. The van der Waals surface area contributed by atoms with Gasteiger partial charge in [0.05, 0.1) is 0 Å². The molecule has 0 aliphatic carbocycles. The van der Waals surface area contributed by atoms with Gasteiger partial charge in [-0.2, -0.15) is 0 Å². The maximum Gasteiger partial charge on any atom is 0.123 e. The second-order valence-electron chi connectivity index (χ2n) is 6.93. The number of nitrogens with zero attached hydrogens (tertiary/aromatic N) is 2. The predicted octanol–water partition coefficient (Wildman–Crippen LogP) is 2.50. The van der Waals surface area contributed by atoms with Crippen molar-refractivity contribution in [2.24, 2.45) is 5.92 Å². The lowest BCUT2D eigenvalue weighted by Crippen LogP contribution is -2.53. The van der Waals surface area contributed by atoms with Crippen molar-refractivity contribution in [3.63, 3.8) is 0 Å². The summed E-state index contributed by atoms with van der Waals surface area (Å²) in [6.07, 6.45) is 2.41. The van der Waals surface area contributed by atoms with Gasteiger partial charge < -0.3 is 10.2 Å². The summed E-state index contributed by atoms with van der Waals surface area (Å²) in [5, 5.41) is 3.47. The van der Waals surface area contributed by atoms with E-state index in [4.69, 9.17) is 0 Å². The summed E-state index contributed by atoms with van der Waals surface area (Å²) >= 11 is 0. The Balaban J connectivity index is 1.87. The second kappa shape index (κ2) is 7.07. The molecule has 4 heteroatoms. The van der Waals surface area contributed by atoms with Crippen molar-refractivity contribution in [2.45, 2.75) is 31.8 Å². The van der Waals surface area contributed by atoms with E-state index in [-0.39, 0.29) is 5.82 Å². The van der Waals surface area contributed by atoms with Gasteiger partial charge in [0.1, 0.15) is 5.82 Å². The molecule has 2 heterocycles. The van der Waals surface area contributed by atoms with E-state index in [1.165, 1.54) is 12.8 Å². The van der Waals surface area contributed by atoms with E-state index in [0.717, 1.165) is 38.3 Å². The Morgan fingerprint density at radius 2 is 2.00 bits per heavy atom. The average Bonchev–Trinajstić information content (AvgIpc) is 2.51. The Hall–Kier alpha value is -0.970. The molecule has 1 aromatic carbocycles. The fourth-order valence-electron chi connectivity index (χ4n) is 4.04. The molecule has 122 valence electrons. The largest absolute Gasteiger partial charge is 0.314 e. The zero-order valence-corrected chi connectivity index (χ0v) is 13.8. The van der Waals surface area contributed by atoms with Gasteiger partial charge in [-0.25, -0.2) is 4.39 Å². The average molecular weight is 305 g/mol. The fraction of sp³-hybridized carbons (Fsp3) is 0.667. The Morgan fingerprint density at radius 1 is 1.23 bits per heavy atom. The zero-order chi connectivity index (χ0) is 15.5. The molecule has 2 aliphatic heterocycles. The van der Waals surface area contributed by atoms with Gasteiger partial charge in [0.25, 0.3) is 0 Å².